The van der Waals surface area contributed by atoms with E-state index in [0.717, 1.165) is 11.1 Å². The number of rotatable bonds is 8. The van der Waals surface area contributed by atoms with E-state index < -0.39 is 5.97 Å². The zero-order valence-corrected chi connectivity index (χ0v) is 16.8. The van der Waals surface area contributed by atoms with Crippen molar-refractivity contribution in [1.82, 2.24) is 0 Å². The van der Waals surface area contributed by atoms with Crippen LogP contribution in [0.2, 0.25) is 0 Å². The molecule has 0 aliphatic rings. The highest BCUT2D eigenvalue weighted by atomic mass is 16.5. The second-order valence-corrected chi connectivity index (χ2v) is 6.45. The molecule has 3 aromatic rings. The Kier molecular flexibility index (Phi) is 7.00. The van der Waals surface area contributed by atoms with Crippen molar-refractivity contribution in [3.63, 3.8) is 0 Å². The summed E-state index contributed by atoms with van der Waals surface area (Å²) in [6.07, 6.45) is 3.14. The van der Waals surface area contributed by atoms with Crippen molar-refractivity contribution in [2.24, 2.45) is 0 Å². The number of methoxy groups -OCH3 is 2. The second kappa shape index (κ2) is 10.1. The molecular weight excluding hydrogens is 380 g/mol. The lowest BCUT2D eigenvalue weighted by Crippen LogP contribution is -2.05. The molecule has 5 heteroatoms. The summed E-state index contributed by atoms with van der Waals surface area (Å²) in [5, 5.41) is 0. The van der Waals surface area contributed by atoms with Crippen LogP contribution in [-0.4, -0.2) is 26.0 Å². The van der Waals surface area contributed by atoms with Crippen molar-refractivity contribution < 1.29 is 23.8 Å². The number of carbonyl (C=O) groups excluding carboxylic acids is 2. The summed E-state index contributed by atoms with van der Waals surface area (Å²) in [6.45, 7) is 0.220. The molecule has 0 fully saturated rings. The van der Waals surface area contributed by atoms with E-state index >= 15 is 0 Å². The minimum Gasteiger partial charge on any atom is -0.497 e. The third kappa shape index (κ3) is 5.35. The van der Waals surface area contributed by atoms with Gasteiger partial charge in [-0.1, -0.05) is 48.5 Å². The molecule has 0 saturated heterocycles. The minimum atomic E-state index is -0.397. The first-order chi connectivity index (χ1) is 14.6. The molecule has 0 amide bonds. The maximum absolute atomic E-state index is 12.6. The zero-order valence-electron chi connectivity index (χ0n) is 16.8. The highest BCUT2D eigenvalue weighted by Gasteiger charge is 2.11. The van der Waals surface area contributed by atoms with Crippen molar-refractivity contribution in [2.45, 2.75) is 6.61 Å². The molecule has 0 radical (unpaired) electrons. The Morgan fingerprint density at radius 1 is 0.867 bits per heavy atom. The van der Waals surface area contributed by atoms with Crippen molar-refractivity contribution >= 4 is 17.8 Å². The lowest BCUT2D eigenvalue weighted by atomic mass is 10.1. The highest BCUT2D eigenvalue weighted by molar-refractivity contribution is 6.09. The highest BCUT2D eigenvalue weighted by Crippen LogP contribution is 2.25. The third-order valence-corrected chi connectivity index (χ3v) is 4.46. The summed E-state index contributed by atoms with van der Waals surface area (Å²) in [6, 6.07) is 21.4. The first-order valence-electron chi connectivity index (χ1n) is 9.36. The van der Waals surface area contributed by atoms with Crippen LogP contribution < -0.4 is 9.47 Å². The molecular formula is C25H22O5. The minimum absolute atomic E-state index is 0.211. The van der Waals surface area contributed by atoms with E-state index in [-0.39, 0.29) is 12.4 Å². The lowest BCUT2D eigenvalue weighted by molar-refractivity contribution is 0.0472. The van der Waals surface area contributed by atoms with Gasteiger partial charge in [-0.05, 0) is 47.5 Å². The van der Waals surface area contributed by atoms with Gasteiger partial charge in [-0.25, -0.2) is 4.79 Å². The molecule has 0 bridgehead atoms. The van der Waals surface area contributed by atoms with Crippen molar-refractivity contribution in [3.05, 3.63) is 101 Å². The molecule has 0 aliphatic heterocycles. The summed E-state index contributed by atoms with van der Waals surface area (Å²) in [7, 11) is 3.05. The summed E-state index contributed by atoms with van der Waals surface area (Å²) < 4.78 is 15.7. The van der Waals surface area contributed by atoms with E-state index in [1.165, 1.54) is 20.3 Å². The maximum Gasteiger partial charge on any atom is 0.338 e. The molecule has 0 aliphatic carbocycles. The number of hydrogen-bond donors (Lipinski definition) is 0. The molecule has 3 rings (SSSR count). The van der Waals surface area contributed by atoms with Crippen LogP contribution in [-0.2, 0) is 11.3 Å². The zero-order chi connectivity index (χ0) is 21.3. The van der Waals surface area contributed by atoms with Gasteiger partial charge in [0.2, 0.25) is 0 Å². The van der Waals surface area contributed by atoms with Gasteiger partial charge < -0.3 is 14.2 Å². The largest absolute Gasteiger partial charge is 0.497 e. The quantitative estimate of drug-likeness (QED) is 0.303. The average molecular weight is 402 g/mol. The number of esters is 1. The van der Waals surface area contributed by atoms with Gasteiger partial charge >= 0.3 is 5.97 Å². The van der Waals surface area contributed by atoms with Gasteiger partial charge in [-0.3, -0.25) is 4.79 Å². The molecule has 3 aromatic carbocycles. The number of hydrogen-bond acceptors (Lipinski definition) is 5. The van der Waals surface area contributed by atoms with Gasteiger partial charge in [-0.2, -0.15) is 0 Å². The van der Waals surface area contributed by atoms with Gasteiger partial charge in [0.1, 0.15) is 18.1 Å². The van der Waals surface area contributed by atoms with Crippen molar-refractivity contribution in [2.75, 3.05) is 14.2 Å². The number of ketones is 1. The molecule has 0 unspecified atom stereocenters. The first kappa shape index (κ1) is 20.9. The SMILES string of the molecule is COc1ccc(OC)c(C(=O)/C=C/c2ccc(C(=O)OCc3ccccc3)cc2)c1. The van der Waals surface area contributed by atoms with Crippen LogP contribution in [0.3, 0.4) is 0 Å². The van der Waals surface area contributed by atoms with Crippen molar-refractivity contribution in [3.8, 4) is 11.5 Å². The topological polar surface area (TPSA) is 61.8 Å². The van der Waals surface area contributed by atoms with E-state index in [1.807, 2.05) is 30.3 Å². The van der Waals surface area contributed by atoms with Gasteiger partial charge in [0.15, 0.2) is 5.78 Å². The van der Waals surface area contributed by atoms with E-state index in [0.29, 0.717) is 22.6 Å². The summed E-state index contributed by atoms with van der Waals surface area (Å²) in [4.78, 5) is 24.8. The Hall–Kier alpha value is -3.86. The van der Waals surface area contributed by atoms with Gasteiger partial charge in [0.25, 0.3) is 0 Å². The molecule has 0 saturated carbocycles. The molecule has 30 heavy (non-hydrogen) atoms. The predicted octanol–water partition coefficient (Wildman–Crippen LogP) is 4.96. The molecule has 0 N–H and O–H groups in total. The Morgan fingerprint density at radius 3 is 2.27 bits per heavy atom. The Bertz CT molecular complexity index is 1040. The summed E-state index contributed by atoms with van der Waals surface area (Å²) >= 11 is 0. The van der Waals surface area contributed by atoms with E-state index in [2.05, 4.69) is 0 Å². The van der Waals surface area contributed by atoms with Crippen LogP contribution in [0, 0.1) is 0 Å². The van der Waals surface area contributed by atoms with E-state index in [4.69, 9.17) is 14.2 Å². The van der Waals surface area contributed by atoms with Crippen LogP contribution in [0.25, 0.3) is 6.08 Å². The third-order valence-electron chi connectivity index (χ3n) is 4.46. The second-order valence-electron chi connectivity index (χ2n) is 6.45. The average Bonchev–Trinajstić information content (AvgIpc) is 2.81. The van der Waals surface area contributed by atoms with Crippen LogP contribution >= 0.6 is 0 Å². The van der Waals surface area contributed by atoms with E-state index in [9.17, 15) is 9.59 Å². The molecule has 152 valence electrons. The Balaban J connectivity index is 1.64. The first-order valence-corrected chi connectivity index (χ1v) is 9.36. The summed E-state index contributed by atoms with van der Waals surface area (Å²) in [5.41, 5.74) is 2.57. The molecule has 0 aromatic heterocycles. The maximum atomic E-state index is 12.6. The smallest absolute Gasteiger partial charge is 0.338 e. The van der Waals surface area contributed by atoms with Crippen molar-refractivity contribution in [1.29, 1.82) is 0 Å². The van der Waals surface area contributed by atoms with Gasteiger partial charge in [0.05, 0.1) is 25.3 Å². The van der Waals surface area contributed by atoms with Crippen LogP contribution in [0.4, 0.5) is 0 Å². The Morgan fingerprint density at radius 2 is 1.60 bits per heavy atom. The molecule has 0 heterocycles. The predicted molar refractivity (Wildman–Crippen MR) is 115 cm³/mol. The fraction of sp³-hybridized carbons (Fsp3) is 0.120. The van der Waals surface area contributed by atoms with Crippen LogP contribution in [0.5, 0.6) is 11.5 Å². The Labute approximate surface area is 175 Å². The normalized spacial score (nSPS) is 10.6. The number of carbonyl (C=O) groups is 2. The standard InChI is InChI=1S/C25H22O5/c1-28-21-13-15-24(29-2)22(16-21)23(26)14-10-18-8-11-20(12-9-18)25(27)30-17-19-6-4-3-5-7-19/h3-16H,17H2,1-2H3/b14-10+. The number of ether oxygens (including phenoxy) is 3. The number of allylic oxidation sites excluding steroid dienone is 1. The van der Waals surface area contributed by atoms with Gasteiger partial charge in [-0.15, -0.1) is 0 Å². The summed E-state index contributed by atoms with van der Waals surface area (Å²) in [5.74, 6) is 0.441. The van der Waals surface area contributed by atoms with Crippen LogP contribution in [0.1, 0.15) is 31.8 Å². The van der Waals surface area contributed by atoms with Crippen LogP contribution in [0.15, 0.2) is 78.9 Å². The fourth-order valence-corrected chi connectivity index (χ4v) is 2.81. The monoisotopic (exact) mass is 402 g/mol. The van der Waals surface area contributed by atoms with Gasteiger partial charge in [0, 0.05) is 0 Å². The molecule has 5 nitrogen and oxygen atoms in total. The fourth-order valence-electron chi connectivity index (χ4n) is 2.81. The number of benzene rings is 3. The van der Waals surface area contributed by atoms with E-state index in [1.54, 1.807) is 48.5 Å². The lowest BCUT2D eigenvalue weighted by Gasteiger charge is -2.08. The molecule has 0 atom stereocenters. The molecule has 0 spiro atoms.